The van der Waals surface area contributed by atoms with E-state index in [0.717, 1.165) is 5.56 Å². The number of hydrogen-bond acceptors (Lipinski definition) is 5. The lowest BCUT2D eigenvalue weighted by Crippen LogP contribution is -2.57. The first-order chi connectivity index (χ1) is 14.3. The van der Waals surface area contributed by atoms with Gasteiger partial charge in [-0.2, -0.15) is 0 Å². The van der Waals surface area contributed by atoms with Gasteiger partial charge in [-0.15, -0.1) is 0 Å². The fraction of sp³-hybridized carbons (Fsp3) is 0.286. The van der Waals surface area contributed by atoms with Crippen LogP contribution in [0.15, 0.2) is 54.6 Å². The SMILES string of the molecule is C[C@@H](O)[C@H](NC(=O)OCc1ccccc1)C(=O)N[C@H](Cc1cccc(Cl)c1)C(N)=O. The molecule has 0 bridgehead atoms. The van der Waals surface area contributed by atoms with Crippen molar-refractivity contribution < 1.29 is 24.2 Å². The van der Waals surface area contributed by atoms with E-state index in [1.165, 1.54) is 6.92 Å². The number of carbonyl (C=O) groups excluding carboxylic acids is 3. The molecule has 0 aliphatic rings. The molecule has 30 heavy (non-hydrogen) atoms. The number of amides is 3. The normalized spacial score (nSPS) is 13.6. The van der Waals surface area contributed by atoms with Crippen LogP contribution < -0.4 is 16.4 Å². The van der Waals surface area contributed by atoms with Crippen LogP contribution in [0.25, 0.3) is 0 Å². The van der Waals surface area contributed by atoms with E-state index in [1.54, 1.807) is 48.5 Å². The largest absolute Gasteiger partial charge is 0.445 e. The number of hydrogen-bond donors (Lipinski definition) is 4. The van der Waals surface area contributed by atoms with Crippen LogP contribution in [0, 0.1) is 0 Å². The summed E-state index contributed by atoms with van der Waals surface area (Å²) in [5.41, 5.74) is 6.85. The molecule has 2 aromatic rings. The molecule has 2 rings (SSSR count). The highest BCUT2D eigenvalue weighted by Gasteiger charge is 2.29. The smallest absolute Gasteiger partial charge is 0.408 e. The van der Waals surface area contributed by atoms with Gasteiger partial charge in [0.05, 0.1) is 6.10 Å². The van der Waals surface area contributed by atoms with Crippen LogP contribution in [0.1, 0.15) is 18.1 Å². The van der Waals surface area contributed by atoms with Crippen molar-refractivity contribution in [3.05, 3.63) is 70.7 Å². The van der Waals surface area contributed by atoms with E-state index >= 15 is 0 Å². The van der Waals surface area contributed by atoms with Crippen molar-refractivity contribution in [3.8, 4) is 0 Å². The van der Waals surface area contributed by atoms with E-state index in [9.17, 15) is 19.5 Å². The maximum Gasteiger partial charge on any atom is 0.408 e. The van der Waals surface area contributed by atoms with Crippen LogP contribution in [-0.4, -0.2) is 41.2 Å². The van der Waals surface area contributed by atoms with E-state index in [2.05, 4.69) is 10.6 Å². The maximum absolute atomic E-state index is 12.6. The van der Waals surface area contributed by atoms with Crippen molar-refractivity contribution in [1.29, 1.82) is 0 Å². The number of primary amides is 1. The Morgan fingerprint density at radius 3 is 2.33 bits per heavy atom. The number of carbonyl (C=O) groups is 3. The molecule has 0 aliphatic carbocycles. The number of alkyl carbamates (subject to hydrolysis) is 1. The van der Waals surface area contributed by atoms with E-state index in [4.69, 9.17) is 22.1 Å². The van der Waals surface area contributed by atoms with Crippen LogP contribution in [0.5, 0.6) is 0 Å². The second-order valence-electron chi connectivity index (χ2n) is 6.72. The summed E-state index contributed by atoms with van der Waals surface area (Å²) in [4.78, 5) is 36.4. The van der Waals surface area contributed by atoms with Crippen molar-refractivity contribution >= 4 is 29.5 Å². The maximum atomic E-state index is 12.6. The minimum atomic E-state index is -1.34. The molecule has 9 heteroatoms. The Labute approximate surface area is 179 Å². The summed E-state index contributed by atoms with van der Waals surface area (Å²) >= 11 is 5.94. The fourth-order valence-corrected chi connectivity index (χ4v) is 2.89. The van der Waals surface area contributed by atoms with Gasteiger partial charge in [-0.05, 0) is 30.2 Å². The van der Waals surface area contributed by atoms with Gasteiger partial charge < -0.3 is 26.2 Å². The van der Waals surface area contributed by atoms with E-state index in [0.29, 0.717) is 10.6 Å². The van der Waals surface area contributed by atoms with Gasteiger partial charge in [0.1, 0.15) is 18.7 Å². The molecule has 0 spiro atoms. The van der Waals surface area contributed by atoms with Gasteiger partial charge in [-0.1, -0.05) is 54.1 Å². The quantitative estimate of drug-likeness (QED) is 0.476. The first-order valence-corrected chi connectivity index (χ1v) is 9.63. The molecule has 0 unspecified atom stereocenters. The number of nitrogens with two attached hydrogens (primary N) is 1. The molecule has 3 atom stereocenters. The van der Waals surface area contributed by atoms with Gasteiger partial charge in [0, 0.05) is 11.4 Å². The zero-order valence-corrected chi connectivity index (χ0v) is 17.1. The first kappa shape index (κ1) is 23.2. The lowest BCUT2D eigenvalue weighted by molar-refractivity contribution is -0.130. The van der Waals surface area contributed by atoms with Crippen molar-refractivity contribution in [2.24, 2.45) is 5.73 Å². The average molecular weight is 434 g/mol. The molecule has 3 amide bonds. The second kappa shape index (κ2) is 11.2. The standard InChI is InChI=1S/C21H24ClN3O5/c1-13(26)18(25-21(29)30-12-14-6-3-2-4-7-14)20(28)24-17(19(23)27)11-15-8-5-9-16(22)10-15/h2-10,13,17-18,26H,11-12H2,1H3,(H2,23,27)(H,24,28)(H,25,29)/t13-,17-,18+/m1/s1. The second-order valence-corrected chi connectivity index (χ2v) is 7.16. The molecular weight excluding hydrogens is 410 g/mol. The van der Waals surface area contributed by atoms with Crippen LogP contribution in [0.3, 0.4) is 0 Å². The molecule has 5 N–H and O–H groups in total. The molecule has 0 radical (unpaired) electrons. The highest BCUT2D eigenvalue weighted by molar-refractivity contribution is 6.30. The molecule has 0 aliphatic heterocycles. The Bertz CT molecular complexity index is 876. The summed E-state index contributed by atoms with van der Waals surface area (Å²) in [7, 11) is 0. The van der Waals surface area contributed by atoms with Crippen LogP contribution in [0.4, 0.5) is 4.79 Å². The number of ether oxygens (including phenoxy) is 1. The number of aliphatic hydroxyl groups is 1. The Kier molecular flexibility index (Phi) is 8.64. The molecule has 0 aromatic heterocycles. The van der Waals surface area contributed by atoms with Gasteiger partial charge in [0.2, 0.25) is 11.8 Å². The molecule has 0 fully saturated rings. The molecular formula is C21H24ClN3O5. The lowest BCUT2D eigenvalue weighted by atomic mass is 10.0. The minimum absolute atomic E-state index is 0.000497. The fourth-order valence-electron chi connectivity index (χ4n) is 2.68. The van der Waals surface area contributed by atoms with Gasteiger partial charge in [0.15, 0.2) is 0 Å². The third-order valence-electron chi connectivity index (χ3n) is 4.24. The Balaban J connectivity index is 1.98. The summed E-state index contributed by atoms with van der Waals surface area (Å²) in [5.74, 6) is -1.54. The van der Waals surface area contributed by atoms with E-state index in [1.807, 2.05) is 6.07 Å². The number of benzene rings is 2. The molecule has 160 valence electrons. The molecule has 8 nitrogen and oxygen atoms in total. The number of rotatable bonds is 9. The summed E-state index contributed by atoms with van der Waals surface area (Å²) in [6.45, 7) is 1.33. The third kappa shape index (κ3) is 7.38. The molecule has 0 heterocycles. The topological polar surface area (TPSA) is 131 Å². The predicted octanol–water partition coefficient (Wildman–Crippen LogP) is 1.53. The highest BCUT2D eigenvalue weighted by Crippen LogP contribution is 2.12. The van der Waals surface area contributed by atoms with Crippen LogP contribution in [0.2, 0.25) is 5.02 Å². The van der Waals surface area contributed by atoms with Crippen LogP contribution in [-0.2, 0) is 27.4 Å². The zero-order chi connectivity index (χ0) is 22.1. The van der Waals surface area contributed by atoms with Crippen molar-refractivity contribution in [3.63, 3.8) is 0 Å². The predicted molar refractivity (Wildman–Crippen MR) is 112 cm³/mol. The Morgan fingerprint density at radius 2 is 1.73 bits per heavy atom. The van der Waals surface area contributed by atoms with Crippen molar-refractivity contribution in [2.45, 2.75) is 38.1 Å². The molecule has 0 saturated carbocycles. The lowest BCUT2D eigenvalue weighted by Gasteiger charge is -2.23. The number of halogens is 1. The molecule has 0 saturated heterocycles. The van der Waals surface area contributed by atoms with E-state index < -0.39 is 36.1 Å². The number of aliphatic hydroxyl groups excluding tert-OH is 1. The summed E-state index contributed by atoms with van der Waals surface area (Å²) in [6.07, 6.45) is -2.02. The minimum Gasteiger partial charge on any atom is -0.445 e. The number of nitrogens with one attached hydrogen (secondary N) is 2. The Hall–Kier alpha value is -3.10. The monoisotopic (exact) mass is 433 g/mol. The zero-order valence-electron chi connectivity index (χ0n) is 16.4. The van der Waals surface area contributed by atoms with Crippen molar-refractivity contribution in [2.75, 3.05) is 0 Å². The molecule has 2 aromatic carbocycles. The first-order valence-electron chi connectivity index (χ1n) is 9.25. The summed E-state index contributed by atoms with van der Waals surface area (Å²) in [5, 5.41) is 15.2. The highest BCUT2D eigenvalue weighted by atomic mass is 35.5. The van der Waals surface area contributed by atoms with Crippen molar-refractivity contribution in [1.82, 2.24) is 10.6 Å². The van der Waals surface area contributed by atoms with Gasteiger partial charge in [0.25, 0.3) is 0 Å². The summed E-state index contributed by atoms with van der Waals surface area (Å²) < 4.78 is 5.07. The average Bonchev–Trinajstić information content (AvgIpc) is 2.70. The van der Waals surface area contributed by atoms with Gasteiger partial charge >= 0.3 is 6.09 Å². The van der Waals surface area contributed by atoms with E-state index in [-0.39, 0.29) is 13.0 Å². The Morgan fingerprint density at radius 1 is 1.07 bits per heavy atom. The van der Waals surface area contributed by atoms with Gasteiger partial charge in [-0.3, -0.25) is 9.59 Å². The summed E-state index contributed by atoms with van der Waals surface area (Å²) in [6, 6.07) is 13.4. The third-order valence-corrected chi connectivity index (χ3v) is 4.47. The van der Waals surface area contributed by atoms with Crippen LogP contribution >= 0.6 is 11.6 Å². The van der Waals surface area contributed by atoms with Gasteiger partial charge in [-0.25, -0.2) is 4.79 Å².